The van der Waals surface area contributed by atoms with Crippen LogP contribution in [0.15, 0.2) is 23.1 Å². The summed E-state index contributed by atoms with van der Waals surface area (Å²) in [6.45, 7) is 5.80. The van der Waals surface area contributed by atoms with E-state index in [1.165, 1.54) is 21.7 Å². The zero-order valence-electron chi connectivity index (χ0n) is 17.7. The number of hydrogen-bond acceptors (Lipinski definition) is 9. The first-order valence-corrected chi connectivity index (χ1v) is 13.1. The lowest BCUT2D eigenvalue weighted by Crippen LogP contribution is -2.43. The molecule has 1 aromatic carbocycles. The molecule has 0 saturated carbocycles. The molecular formula is C20H22N4O5S3. The third-order valence-electron chi connectivity index (χ3n) is 5.44. The van der Waals surface area contributed by atoms with Crippen LogP contribution in [0, 0.1) is 13.8 Å². The lowest BCUT2D eigenvalue weighted by atomic mass is 10.1. The van der Waals surface area contributed by atoms with Gasteiger partial charge in [0.05, 0.1) is 23.9 Å². The van der Waals surface area contributed by atoms with Gasteiger partial charge in [0.2, 0.25) is 15.9 Å². The predicted octanol–water partition coefficient (Wildman–Crippen LogP) is 3.34. The second kappa shape index (κ2) is 8.85. The van der Waals surface area contributed by atoms with Crippen molar-refractivity contribution in [2.75, 3.05) is 18.5 Å². The minimum atomic E-state index is -3.97. The van der Waals surface area contributed by atoms with E-state index in [0.717, 1.165) is 22.2 Å². The van der Waals surface area contributed by atoms with Crippen molar-refractivity contribution in [1.82, 2.24) is 13.1 Å². The van der Waals surface area contributed by atoms with Crippen LogP contribution >= 0.6 is 23.1 Å². The van der Waals surface area contributed by atoms with E-state index in [1.807, 2.05) is 6.92 Å². The molecule has 3 heterocycles. The molecule has 1 aliphatic heterocycles. The molecule has 170 valence electrons. The summed E-state index contributed by atoms with van der Waals surface area (Å²) in [5, 5.41) is 3.16. The molecule has 4 rings (SSSR count). The van der Waals surface area contributed by atoms with Crippen molar-refractivity contribution in [3.05, 3.63) is 34.2 Å². The minimum Gasteiger partial charge on any atom is -0.462 e. The van der Waals surface area contributed by atoms with E-state index >= 15 is 0 Å². The molecule has 2 aromatic heterocycles. The molecule has 0 spiro atoms. The van der Waals surface area contributed by atoms with Crippen LogP contribution < -0.4 is 5.32 Å². The topological polar surface area (TPSA) is 119 Å². The van der Waals surface area contributed by atoms with Gasteiger partial charge in [-0.05, 0) is 51.3 Å². The van der Waals surface area contributed by atoms with Crippen molar-refractivity contribution in [2.24, 2.45) is 0 Å². The highest BCUT2D eigenvalue weighted by molar-refractivity contribution is 7.89. The van der Waals surface area contributed by atoms with Crippen LogP contribution in [0.2, 0.25) is 0 Å². The normalized spacial score (nSPS) is 17.0. The minimum absolute atomic E-state index is 0.0403. The Morgan fingerprint density at radius 2 is 2.06 bits per heavy atom. The van der Waals surface area contributed by atoms with Crippen molar-refractivity contribution in [3.8, 4) is 0 Å². The molecular weight excluding hydrogens is 472 g/mol. The number of carbonyl (C=O) groups excluding carboxylic acids is 2. The van der Waals surface area contributed by atoms with Crippen LogP contribution in [0.25, 0.3) is 11.0 Å². The van der Waals surface area contributed by atoms with E-state index in [-0.39, 0.29) is 18.0 Å². The monoisotopic (exact) mass is 494 g/mol. The van der Waals surface area contributed by atoms with E-state index in [2.05, 4.69) is 14.1 Å². The van der Waals surface area contributed by atoms with Crippen molar-refractivity contribution in [3.63, 3.8) is 0 Å². The molecule has 0 unspecified atom stereocenters. The van der Waals surface area contributed by atoms with E-state index in [0.29, 0.717) is 34.4 Å². The molecule has 32 heavy (non-hydrogen) atoms. The largest absolute Gasteiger partial charge is 0.462 e. The van der Waals surface area contributed by atoms with Crippen LogP contribution in [-0.4, -0.2) is 52.5 Å². The first-order valence-electron chi connectivity index (χ1n) is 10.1. The molecule has 1 fully saturated rings. The summed E-state index contributed by atoms with van der Waals surface area (Å²) in [6.07, 6.45) is 0.935. The average Bonchev–Trinajstić information content (AvgIpc) is 3.47. The Hall–Kier alpha value is -2.41. The number of amides is 1. The SMILES string of the molecule is CCOC(=O)c1c(NC(=O)[C@@H]2CCCN2S(=O)(=O)c2cccc3nsnc23)sc(C)c1C. The van der Waals surface area contributed by atoms with Crippen LogP contribution in [0.4, 0.5) is 5.00 Å². The highest BCUT2D eigenvalue weighted by Gasteiger charge is 2.41. The molecule has 0 aliphatic carbocycles. The summed E-state index contributed by atoms with van der Waals surface area (Å²) < 4.78 is 41.5. The molecule has 1 amide bonds. The highest BCUT2D eigenvalue weighted by Crippen LogP contribution is 2.35. The third-order valence-corrected chi connectivity index (χ3v) is 9.05. The Kier molecular flexibility index (Phi) is 6.30. The second-order valence-corrected chi connectivity index (χ2v) is 11.0. The van der Waals surface area contributed by atoms with Gasteiger partial charge in [0, 0.05) is 11.4 Å². The summed E-state index contributed by atoms with van der Waals surface area (Å²) in [7, 11) is -3.97. The van der Waals surface area contributed by atoms with Gasteiger partial charge in [-0.1, -0.05) is 6.07 Å². The summed E-state index contributed by atoms with van der Waals surface area (Å²) >= 11 is 2.21. The smallest absolute Gasteiger partial charge is 0.341 e. The fraction of sp³-hybridized carbons (Fsp3) is 0.400. The Bertz CT molecular complexity index is 1300. The fourth-order valence-electron chi connectivity index (χ4n) is 3.76. The quantitative estimate of drug-likeness (QED) is 0.522. The Morgan fingerprint density at radius 3 is 2.81 bits per heavy atom. The number of fused-ring (bicyclic) bond motifs is 1. The first-order chi connectivity index (χ1) is 15.3. The number of esters is 1. The number of nitrogens with zero attached hydrogens (tertiary/aromatic N) is 3. The summed E-state index contributed by atoms with van der Waals surface area (Å²) in [6, 6.07) is 3.91. The molecule has 12 heteroatoms. The molecule has 1 N–H and O–H groups in total. The number of thiophene rings is 1. The molecule has 1 atom stereocenters. The Labute approximate surface area is 193 Å². The zero-order valence-corrected chi connectivity index (χ0v) is 20.2. The number of nitrogens with one attached hydrogen (secondary N) is 1. The summed E-state index contributed by atoms with van der Waals surface area (Å²) in [5.74, 6) is -0.982. The number of aryl methyl sites for hydroxylation is 1. The summed E-state index contributed by atoms with van der Waals surface area (Å²) in [5.41, 5.74) is 1.85. The number of rotatable bonds is 6. The lowest BCUT2D eigenvalue weighted by Gasteiger charge is -2.23. The van der Waals surface area contributed by atoms with Crippen molar-refractivity contribution in [2.45, 2.75) is 44.6 Å². The predicted molar refractivity (Wildman–Crippen MR) is 123 cm³/mol. The van der Waals surface area contributed by atoms with E-state index in [4.69, 9.17) is 4.74 Å². The van der Waals surface area contributed by atoms with Crippen molar-refractivity contribution < 1.29 is 22.7 Å². The Balaban J connectivity index is 1.64. The second-order valence-electron chi connectivity index (χ2n) is 7.36. The lowest BCUT2D eigenvalue weighted by molar-refractivity contribution is -0.119. The molecule has 0 bridgehead atoms. The average molecular weight is 495 g/mol. The molecule has 1 aliphatic rings. The van der Waals surface area contributed by atoms with Gasteiger partial charge >= 0.3 is 5.97 Å². The maximum atomic E-state index is 13.4. The number of ether oxygens (including phenoxy) is 1. The zero-order chi connectivity index (χ0) is 23.0. The van der Waals surface area contributed by atoms with Crippen LogP contribution in [0.5, 0.6) is 0 Å². The Morgan fingerprint density at radius 1 is 1.28 bits per heavy atom. The van der Waals surface area contributed by atoms with Gasteiger partial charge in [-0.25, -0.2) is 13.2 Å². The maximum absolute atomic E-state index is 13.4. The molecule has 1 saturated heterocycles. The number of anilines is 1. The number of sulfonamides is 1. The van der Waals surface area contributed by atoms with Gasteiger partial charge in [-0.15, -0.1) is 11.3 Å². The van der Waals surface area contributed by atoms with Gasteiger partial charge in [0.1, 0.15) is 27.0 Å². The molecule has 9 nitrogen and oxygen atoms in total. The third kappa shape index (κ3) is 3.91. The van der Waals surface area contributed by atoms with Gasteiger partial charge in [0.25, 0.3) is 0 Å². The van der Waals surface area contributed by atoms with Crippen LogP contribution in [-0.2, 0) is 19.6 Å². The molecule has 3 aromatic rings. The number of benzene rings is 1. The van der Waals surface area contributed by atoms with Gasteiger partial charge < -0.3 is 10.1 Å². The standard InChI is InChI=1S/C20H22N4O5S3/c1-4-29-20(26)16-11(2)12(3)30-19(16)21-18(25)14-8-6-10-24(14)32(27,28)15-9-5-7-13-17(15)23-31-22-13/h5,7,9,14H,4,6,8,10H2,1-3H3,(H,21,25)/t14-/m0/s1. The number of carbonyl (C=O) groups is 2. The number of hydrogen-bond donors (Lipinski definition) is 1. The van der Waals surface area contributed by atoms with E-state index in [1.54, 1.807) is 26.0 Å². The van der Waals surface area contributed by atoms with Gasteiger partial charge in [0.15, 0.2) is 0 Å². The van der Waals surface area contributed by atoms with Gasteiger partial charge in [-0.3, -0.25) is 4.79 Å². The van der Waals surface area contributed by atoms with Gasteiger partial charge in [-0.2, -0.15) is 13.1 Å². The van der Waals surface area contributed by atoms with E-state index < -0.39 is 27.9 Å². The molecule has 0 radical (unpaired) electrons. The van der Waals surface area contributed by atoms with Crippen LogP contribution in [0.3, 0.4) is 0 Å². The van der Waals surface area contributed by atoms with E-state index in [9.17, 15) is 18.0 Å². The van der Waals surface area contributed by atoms with Crippen molar-refractivity contribution in [1.29, 1.82) is 0 Å². The fourth-order valence-corrected chi connectivity index (χ4v) is 7.23. The van der Waals surface area contributed by atoms with Crippen molar-refractivity contribution >= 4 is 61.0 Å². The maximum Gasteiger partial charge on any atom is 0.341 e. The highest BCUT2D eigenvalue weighted by atomic mass is 32.2. The summed E-state index contributed by atoms with van der Waals surface area (Å²) in [4.78, 5) is 26.5. The van der Waals surface area contributed by atoms with Crippen LogP contribution in [0.1, 0.15) is 40.6 Å². The first kappa shape index (κ1) is 22.8. The number of aromatic nitrogens is 2.